The third-order valence-electron chi connectivity index (χ3n) is 0.541. The molecule has 2 nitrogen and oxygen atoms in total. The molecule has 0 aromatic carbocycles. The molecule has 0 fully saturated rings. The number of carbonyl (C=O) groups is 1. The molecule has 1 N–H and O–H groups in total. The summed E-state index contributed by atoms with van der Waals surface area (Å²) in [7, 11) is 1.56. The lowest BCUT2D eigenvalue weighted by atomic mass is 10.4. The van der Waals surface area contributed by atoms with Gasteiger partial charge in [0.25, 0.3) is 0 Å². The molecule has 2 heteroatoms. The maximum absolute atomic E-state index is 10.2. The van der Waals surface area contributed by atoms with Gasteiger partial charge in [0.05, 0.1) is 6.42 Å². The highest BCUT2D eigenvalue weighted by atomic mass is 16.1. The van der Waals surface area contributed by atoms with Crippen molar-refractivity contribution >= 4 is 5.91 Å². The van der Waals surface area contributed by atoms with Gasteiger partial charge in [0, 0.05) is 7.05 Å². The molecule has 0 rings (SSSR count). The van der Waals surface area contributed by atoms with Crippen molar-refractivity contribution in [2.45, 2.75) is 6.42 Å². The first-order chi connectivity index (χ1) is 3.31. The monoisotopic (exact) mass is 97.1 g/mol. The summed E-state index contributed by atoms with van der Waals surface area (Å²) in [6.45, 7) is 0. The van der Waals surface area contributed by atoms with Crippen LogP contribution in [0.15, 0.2) is 0 Å². The van der Waals surface area contributed by atoms with E-state index in [-0.39, 0.29) is 12.3 Å². The van der Waals surface area contributed by atoms with E-state index in [1.165, 1.54) is 0 Å². The fourth-order valence-electron chi connectivity index (χ4n) is 0.181. The molecule has 0 aromatic heterocycles. The third-order valence-corrected chi connectivity index (χ3v) is 0.541. The number of amides is 1. The highest BCUT2D eigenvalue weighted by molar-refractivity contribution is 5.77. The normalized spacial score (nSPS) is 6.86. The maximum atomic E-state index is 10.2. The molecular formula is C5H7NO. The van der Waals surface area contributed by atoms with E-state index in [1.807, 2.05) is 0 Å². The molecule has 0 atom stereocenters. The van der Waals surface area contributed by atoms with Gasteiger partial charge in [-0.1, -0.05) is 5.92 Å². The standard InChI is InChI=1S/C5H7NO/c1-3-4-5(7)6-2/h1H,4H2,2H3,(H,6,7). The summed E-state index contributed by atoms with van der Waals surface area (Å²) in [5.74, 6) is 2.10. The summed E-state index contributed by atoms with van der Waals surface area (Å²) in [5, 5.41) is 2.38. The topological polar surface area (TPSA) is 29.1 Å². The van der Waals surface area contributed by atoms with E-state index in [1.54, 1.807) is 7.05 Å². The largest absolute Gasteiger partial charge is 0.358 e. The number of rotatable bonds is 1. The summed E-state index contributed by atoms with van der Waals surface area (Å²) >= 11 is 0. The second kappa shape index (κ2) is 3.23. The minimum Gasteiger partial charge on any atom is -0.358 e. The van der Waals surface area contributed by atoms with E-state index in [9.17, 15) is 4.79 Å². The first-order valence-corrected chi connectivity index (χ1v) is 1.95. The van der Waals surface area contributed by atoms with Crippen molar-refractivity contribution in [3.8, 4) is 12.3 Å². The second-order valence-corrected chi connectivity index (χ2v) is 1.05. The molecule has 38 valence electrons. The van der Waals surface area contributed by atoms with Crippen molar-refractivity contribution in [3.05, 3.63) is 0 Å². The summed E-state index contributed by atoms with van der Waals surface area (Å²) < 4.78 is 0. The van der Waals surface area contributed by atoms with E-state index in [0.29, 0.717) is 0 Å². The summed E-state index contributed by atoms with van der Waals surface area (Å²) in [6, 6.07) is 0. The van der Waals surface area contributed by atoms with Crippen LogP contribution >= 0.6 is 0 Å². The Morgan fingerprint density at radius 1 is 2.00 bits per heavy atom. The molecule has 0 saturated heterocycles. The van der Waals surface area contributed by atoms with Crippen LogP contribution in [-0.2, 0) is 4.79 Å². The quantitative estimate of drug-likeness (QED) is 0.449. The van der Waals surface area contributed by atoms with Crippen LogP contribution in [0, 0.1) is 12.3 Å². The number of hydrogen-bond donors (Lipinski definition) is 1. The number of hydrogen-bond acceptors (Lipinski definition) is 1. The Morgan fingerprint density at radius 3 is 2.71 bits per heavy atom. The van der Waals surface area contributed by atoms with Crippen LogP contribution in [0.1, 0.15) is 6.42 Å². The van der Waals surface area contributed by atoms with Gasteiger partial charge in [-0.25, -0.2) is 0 Å². The van der Waals surface area contributed by atoms with Gasteiger partial charge in [0.1, 0.15) is 0 Å². The average Bonchev–Trinajstić information content (AvgIpc) is 1.68. The number of nitrogens with one attached hydrogen (secondary N) is 1. The van der Waals surface area contributed by atoms with Crippen LogP contribution in [0.25, 0.3) is 0 Å². The van der Waals surface area contributed by atoms with Gasteiger partial charge in [-0.15, -0.1) is 6.42 Å². The highest BCUT2D eigenvalue weighted by Gasteiger charge is 1.87. The number of carbonyl (C=O) groups excluding carboxylic acids is 1. The molecule has 7 heavy (non-hydrogen) atoms. The fraction of sp³-hybridized carbons (Fsp3) is 0.400. The summed E-state index contributed by atoms with van der Waals surface area (Å²) in [6.07, 6.45) is 4.97. The molecule has 1 amide bonds. The zero-order chi connectivity index (χ0) is 5.70. The smallest absolute Gasteiger partial charge is 0.231 e. The van der Waals surface area contributed by atoms with Crippen LogP contribution in [0.2, 0.25) is 0 Å². The zero-order valence-corrected chi connectivity index (χ0v) is 4.19. The van der Waals surface area contributed by atoms with Crippen LogP contribution in [0.5, 0.6) is 0 Å². The SMILES string of the molecule is C#CCC(=O)NC. The molecule has 0 aliphatic carbocycles. The van der Waals surface area contributed by atoms with Gasteiger partial charge < -0.3 is 5.32 Å². The molecule has 0 aliphatic heterocycles. The van der Waals surface area contributed by atoms with Crippen molar-refractivity contribution in [1.29, 1.82) is 0 Å². The Morgan fingerprint density at radius 2 is 2.57 bits per heavy atom. The van der Waals surface area contributed by atoms with Gasteiger partial charge in [0.15, 0.2) is 0 Å². The molecule has 0 saturated carbocycles. The second-order valence-electron chi connectivity index (χ2n) is 1.05. The molecular weight excluding hydrogens is 90.1 g/mol. The van der Waals surface area contributed by atoms with Gasteiger partial charge in [0.2, 0.25) is 5.91 Å². The van der Waals surface area contributed by atoms with E-state index in [2.05, 4.69) is 11.2 Å². The minimum atomic E-state index is -0.109. The third kappa shape index (κ3) is 2.84. The van der Waals surface area contributed by atoms with Crippen LogP contribution in [-0.4, -0.2) is 13.0 Å². The Hall–Kier alpha value is -0.970. The average molecular weight is 97.1 g/mol. The summed E-state index contributed by atoms with van der Waals surface area (Å²) in [5.41, 5.74) is 0. The lowest BCUT2D eigenvalue weighted by Gasteiger charge is -1.87. The predicted octanol–water partition coefficient (Wildman–Crippen LogP) is -0.244. The summed E-state index contributed by atoms with van der Waals surface area (Å²) in [4.78, 5) is 10.2. The molecule has 0 spiro atoms. The lowest BCUT2D eigenvalue weighted by Crippen LogP contribution is -2.15. The van der Waals surface area contributed by atoms with Crippen molar-refractivity contribution in [3.63, 3.8) is 0 Å². The van der Waals surface area contributed by atoms with Crippen LogP contribution < -0.4 is 5.32 Å². The molecule has 0 aliphatic rings. The van der Waals surface area contributed by atoms with E-state index in [0.717, 1.165) is 0 Å². The van der Waals surface area contributed by atoms with Crippen LogP contribution in [0.3, 0.4) is 0 Å². The van der Waals surface area contributed by atoms with Crippen LogP contribution in [0.4, 0.5) is 0 Å². The fourth-order valence-corrected chi connectivity index (χ4v) is 0.181. The molecule has 0 unspecified atom stereocenters. The first-order valence-electron chi connectivity index (χ1n) is 1.95. The van der Waals surface area contributed by atoms with Crippen molar-refractivity contribution in [2.24, 2.45) is 0 Å². The van der Waals surface area contributed by atoms with E-state index >= 15 is 0 Å². The Balaban J connectivity index is 3.23. The Labute approximate surface area is 42.9 Å². The Bertz CT molecular complexity index is 101. The van der Waals surface area contributed by atoms with Crippen molar-refractivity contribution in [1.82, 2.24) is 5.32 Å². The first kappa shape index (κ1) is 6.03. The van der Waals surface area contributed by atoms with Gasteiger partial charge in [-0.05, 0) is 0 Å². The van der Waals surface area contributed by atoms with E-state index < -0.39 is 0 Å². The van der Waals surface area contributed by atoms with E-state index in [4.69, 9.17) is 6.42 Å². The molecule has 0 bridgehead atoms. The van der Waals surface area contributed by atoms with Gasteiger partial charge in [-0.2, -0.15) is 0 Å². The van der Waals surface area contributed by atoms with Gasteiger partial charge in [-0.3, -0.25) is 4.79 Å². The number of terminal acetylenes is 1. The minimum absolute atomic E-state index is 0.109. The highest BCUT2D eigenvalue weighted by Crippen LogP contribution is 1.69. The maximum Gasteiger partial charge on any atom is 0.231 e. The predicted molar refractivity (Wildman–Crippen MR) is 27.5 cm³/mol. The van der Waals surface area contributed by atoms with Crippen molar-refractivity contribution < 1.29 is 4.79 Å². The Kier molecular flexibility index (Phi) is 2.78. The van der Waals surface area contributed by atoms with Gasteiger partial charge >= 0.3 is 0 Å². The molecule has 0 aromatic rings. The molecule has 0 heterocycles. The molecule has 0 radical (unpaired) electrons. The lowest BCUT2D eigenvalue weighted by molar-refractivity contribution is -0.119. The van der Waals surface area contributed by atoms with Crippen molar-refractivity contribution in [2.75, 3.05) is 7.05 Å². The zero-order valence-electron chi connectivity index (χ0n) is 4.19.